The highest BCUT2D eigenvalue weighted by Gasteiger charge is 2.22. The summed E-state index contributed by atoms with van der Waals surface area (Å²) in [5.41, 5.74) is 9.28. The molecule has 1 aromatic heterocycles. The third-order valence-electron chi connectivity index (χ3n) is 3.84. The number of aliphatic hydroxyl groups is 1. The number of hydrogen-bond donors (Lipinski definition) is 2. The van der Waals surface area contributed by atoms with Crippen LogP contribution in [0.5, 0.6) is 0 Å². The molecule has 20 heavy (non-hydrogen) atoms. The van der Waals surface area contributed by atoms with Crippen molar-refractivity contribution in [3.8, 4) is 0 Å². The first kappa shape index (κ1) is 15.2. The first-order chi connectivity index (χ1) is 9.65. The molecule has 1 aliphatic rings. The van der Waals surface area contributed by atoms with E-state index in [-0.39, 0.29) is 12.7 Å². The number of ether oxygens (including phenoxy) is 1. The van der Waals surface area contributed by atoms with Crippen LogP contribution in [0.25, 0.3) is 0 Å². The number of rotatable bonds is 5. The van der Waals surface area contributed by atoms with Gasteiger partial charge in [0.15, 0.2) is 0 Å². The zero-order valence-corrected chi connectivity index (χ0v) is 12.4. The van der Waals surface area contributed by atoms with E-state index in [0.29, 0.717) is 13.2 Å². The van der Waals surface area contributed by atoms with Gasteiger partial charge < -0.3 is 20.5 Å². The molecular formula is C15H25N3O2. The Kier molecular flexibility index (Phi) is 5.34. The van der Waals surface area contributed by atoms with Crippen molar-refractivity contribution in [3.63, 3.8) is 0 Å². The van der Waals surface area contributed by atoms with Gasteiger partial charge in [0.1, 0.15) is 5.82 Å². The molecule has 1 saturated heterocycles. The van der Waals surface area contributed by atoms with Crippen LogP contribution in [0.1, 0.15) is 29.7 Å². The predicted molar refractivity (Wildman–Crippen MR) is 79.9 cm³/mol. The highest BCUT2D eigenvalue weighted by molar-refractivity contribution is 5.51. The van der Waals surface area contributed by atoms with Gasteiger partial charge in [-0.3, -0.25) is 0 Å². The Balaban J connectivity index is 2.06. The number of hydrogen-bond acceptors (Lipinski definition) is 5. The second kappa shape index (κ2) is 7.02. The van der Waals surface area contributed by atoms with E-state index in [1.165, 1.54) is 5.56 Å². The van der Waals surface area contributed by atoms with Gasteiger partial charge in [-0.25, -0.2) is 4.98 Å². The van der Waals surface area contributed by atoms with E-state index in [9.17, 15) is 0 Å². The molecule has 0 amide bonds. The van der Waals surface area contributed by atoms with Gasteiger partial charge in [-0.2, -0.15) is 0 Å². The Bertz CT molecular complexity index is 443. The lowest BCUT2D eigenvalue weighted by atomic mass is 10.0. The van der Waals surface area contributed by atoms with Crippen LogP contribution in [-0.4, -0.2) is 42.5 Å². The maximum Gasteiger partial charge on any atom is 0.133 e. The summed E-state index contributed by atoms with van der Waals surface area (Å²) in [6.07, 6.45) is 2.20. The second-order valence-corrected chi connectivity index (χ2v) is 5.37. The van der Waals surface area contributed by atoms with Crippen molar-refractivity contribution in [2.45, 2.75) is 39.3 Å². The van der Waals surface area contributed by atoms with E-state index in [1.54, 1.807) is 0 Å². The molecule has 1 fully saturated rings. The van der Waals surface area contributed by atoms with Crippen molar-refractivity contribution in [2.24, 2.45) is 5.73 Å². The van der Waals surface area contributed by atoms with Crippen molar-refractivity contribution >= 4 is 5.82 Å². The van der Waals surface area contributed by atoms with Gasteiger partial charge in [-0.1, -0.05) is 0 Å². The van der Waals surface area contributed by atoms with Crippen molar-refractivity contribution in [3.05, 3.63) is 22.9 Å². The standard InChI is InChI=1S/C15H25N3O2/c1-11-9-12(2)17-15(14(11)10-16)18-5-3-13(4-6-18)20-8-7-19/h9,13,19H,3-8,10,16H2,1-2H3. The van der Waals surface area contributed by atoms with E-state index in [4.69, 9.17) is 15.6 Å². The first-order valence-electron chi connectivity index (χ1n) is 7.30. The first-order valence-corrected chi connectivity index (χ1v) is 7.30. The molecule has 0 unspecified atom stereocenters. The molecule has 5 heteroatoms. The van der Waals surface area contributed by atoms with Crippen LogP contribution >= 0.6 is 0 Å². The highest BCUT2D eigenvalue weighted by atomic mass is 16.5. The fourth-order valence-electron chi connectivity index (χ4n) is 2.81. The van der Waals surface area contributed by atoms with Crippen LogP contribution in [0.3, 0.4) is 0 Å². The molecule has 1 aromatic rings. The van der Waals surface area contributed by atoms with E-state index in [2.05, 4.69) is 22.9 Å². The van der Waals surface area contributed by atoms with Gasteiger partial charge in [0, 0.05) is 30.9 Å². The van der Waals surface area contributed by atoms with Crippen LogP contribution in [0.2, 0.25) is 0 Å². The van der Waals surface area contributed by atoms with Gasteiger partial charge in [0.05, 0.1) is 19.3 Å². The summed E-state index contributed by atoms with van der Waals surface area (Å²) < 4.78 is 5.60. The SMILES string of the molecule is Cc1cc(C)c(CN)c(N2CCC(OCCO)CC2)n1. The largest absolute Gasteiger partial charge is 0.394 e. The van der Waals surface area contributed by atoms with Crippen molar-refractivity contribution in [2.75, 3.05) is 31.2 Å². The average Bonchev–Trinajstić information content (AvgIpc) is 2.45. The lowest BCUT2D eigenvalue weighted by molar-refractivity contribution is 0.0158. The number of aryl methyl sites for hydroxylation is 2. The quantitative estimate of drug-likeness (QED) is 0.845. The summed E-state index contributed by atoms with van der Waals surface area (Å²) in [5.74, 6) is 1.03. The number of nitrogens with two attached hydrogens (primary N) is 1. The molecule has 112 valence electrons. The Morgan fingerprint density at radius 3 is 2.70 bits per heavy atom. The molecule has 0 atom stereocenters. The van der Waals surface area contributed by atoms with E-state index >= 15 is 0 Å². The molecule has 5 nitrogen and oxygen atoms in total. The maximum absolute atomic E-state index is 8.80. The van der Waals surface area contributed by atoms with Gasteiger partial charge in [0.2, 0.25) is 0 Å². The molecule has 1 aliphatic heterocycles. The van der Waals surface area contributed by atoms with Crippen LogP contribution in [0, 0.1) is 13.8 Å². The van der Waals surface area contributed by atoms with E-state index in [1.807, 2.05) is 6.92 Å². The second-order valence-electron chi connectivity index (χ2n) is 5.37. The molecular weight excluding hydrogens is 254 g/mol. The summed E-state index contributed by atoms with van der Waals surface area (Å²) in [4.78, 5) is 6.99. The van der Waals surface area contributed by atoms with Gasteiger partial charge in [-0.05, 0) is 38.3 Å². The number of aliphatic hydroxyl groups excluding tert-OH is 1. The monoisotopic (exact) mass is 279 g/mol. The van der Waals surface area contributed by atoms with Crippen LogP contribution in [0.4, 0.5) is 5.82 Å². The van der Waals surface area contributed by atoms with E-state index in [0.717, 1.165) is 43.0 Å². The Labute approximate surface area is 120 Å². The smallest absolute Gasteiger partial charge is 0.133 e. The van der Waals surface area contributed by atoms with Crippen molar-refractivity contribution < 1.29 is 9.84 Å². The molecule has 0 aliphatic carbocycles. The minimum atomic E-state index is 0.0934. The zero-order valence-electron chi connectivity index (χ0n) is 12.4. The summed E-state index contributed by atoms with van der Waals surface area (Å²) in [6, 6.07) is 2.09. The van der Waals surface area contributed by atoms with Gasteiger partial charge >= 0.3 is 0 Å². The third-order valence-corrected chi connectivity index (χ3v) is 3.84. The highest BCUT2D eigenvalue weighted by Crippen LogP contribution is 2.26. The normalized spacial score (nSPS) is 16.7. The zero-order chi connectivity index (χ0) is 14.5. The number of pyridine rings is 1. The Morgan fingerprint density at radius 2 is 2.10 bits per heavy atom. The predicted octanol–water partition coefficient (Wildman–Crippen LogP) is 1.13. The molecule has 0 aromatic carbocycles. The molecule has 0 bridgehead atoms. The molecule has 2 heterocycles. The van der Waals surface area contributed by atoms with Gasteiger partial charge in [-0.15, -0.1) is 0 Å². The molecule has 3 N–H and O–H groups in total. The third kappa shape index (κ3) is 3.48. The molecule has 2 rings (SSSR count). The lowest BCUT2D eigenvalue weighted by Gasteiger charge is -2.34. The summed E-state index contributed by atoms with van der Waals surface area (Å²) in [6.45, 7) is 7.02. The van der Waals surface area contributed by atoms with E-state index < -0.39 is 0 Å². The lowest BCUT2D eigenvalue weighted by Crippen LogP contribution is -2.38. The molecule has 0 spiro atoms. The minimum Gasteiger partial charge on any atom is -0.394 e. The molecule has 0 saturated carbocycles. The fourth-order valence-corrected chi connectivity index (χ4v) is 2.81. The number of aromatic nitrogens is 1. The number of anilines is 1. The van der Waals surface area contributed by atoms with Crippen LogP contribution in [-0.2, 0) is 11.3 Å². The topological polar surface area (TPSA) is 71.6 Å². The average molecular weight is 279 g/mol. The van der Waals surface area contributed by atoms with Gasteiger partial charge in [0.25, 0.3) is 0 Å². The summed E-state index contributed by atoms with van der Waals surface area (Å²) >= 11 is 0. The Morgan fingerprint density at radius 1 is 1.40 bits per heavy atom. The van der Waals surface area contributed by atoms with Crippen LogP contribution in [0.15, 0.2) is 6.07 Å². The van der Waals surface area contributed by atoms with Crippen molar-refractivity contribution in [1.82, 2.24) is 4.98 Å². The van der Waals surface area contributed by atoms with Crippen LogP contribution < -0.4 is 10.6 Å². The molecule has 0 radical (unpaired) electrons. The van der Waals surface area contributed by atoms with Crippen molar-refractivity contribution in [1.29, 1.82) is 0 Å². The summed E-state index contributed by atoms with van der Waals surface area (Å²) in [5, 5.41) is 8.80. The summed E-state index contributed by atoms with van der Waals surface area (Å²) in [7, 11) is 0. The number of piperidine rings is 1. The fraction of sp³-hybridized carbons (Fsp3) is 0.667. The maximum atomic E-state index is 8.80. The Hall–Kier alpha value is -1.17. The minimum absolute atomic E-state index is 0.0934. The number of nitrogens with zero attached hydrogens (tertiary/aromatic N) is 2.